The maximum Gasteiger partial charge on any atom is 0.338 e. The fraction of sp³-hybridized carbons (Fsp3) is 0.211. The highest BCUT2D eigenvalue weighted by molar-refractivity contribution is 6.06. The molecule has 2 rings (SSSR count). The van der Waals surface area contributed by atoms with E-state index in [-0.39, 0.29) is 17.7 Å². The molecule has 0 fully saturated rings. The van der Waals surface area contributed by atoms with Crippen molar-refractivity contribution >= 4 is 17.8 Å². The van der Waals surface area contributed by atoms with E-state index in [0.29, 0.717) is 5.56 Å². The molecule has 0 aromatic heterocycles. The minimum Gasteiger partial charge on any atom is -0.465 e. The fourth-order valence-corrected chi connectivity index (χ4v) is 2.33. The molecule has 0 aliphatic heterocycles. The average Bonchev–Trinajstić information content (AvgIpc) is 2.66. The largest absolute Gasteiger partial charge is 0.465 e. The van der Waals surface area contributed by atoms with Gasteiger partial charge in [0.05, 0.1) is 24.8 Å². The van der Waals surface area contributed by atoms with Gasteiger partial charge in [-0.25, -0.2) is 9.59 Å². The first-order valence-corrected chi connectivity index (χ1v) is 7.78. The smallest absolute Gasteiger partial charge is 0.338 e. The van der Waals surface area contributed by atoms with Gasteiger partial charge in [-0.2, -0.15) is 0 Å². The second-order valence-electron chi connectivity index (χ2n) is 5.11. The molecule has 6 nitrogen and oxygen atoms in total. The summed E-state index contributed by atoms with van der Waals surface area (Å²) in [5, 5.41) is 2.63. The lowest BCUT2D eigenvalue weighted by Gasteiger charge is -2.18. The molecule has 1 atom stereocenters. The number of esters is 2. The molecule has 130 valence electrons. The van der Waals surface area contributed by atoms with Gasteiger partial charge in [-0.05, 0) is 24.6 Å². The molecule has 0 saturated heterocycles. The van der Waals surface area contributed by atoms with Gasteiger partial charge in [0.25, 0.3) is 5.91 Å². The highest BCUT2D eigenvalue weighted by Crippen LogP contribution is 2.17. The zero-order valence-corrected chi connectivity index (χ0v) is 14.0. The van der Waals surface area contributed by atoms with Gasteiger partial charge in [-0.1, -0.05) is 42.5 Å². The van der Waals surface area contributed by atoms with Crippen LogP contribution in [0.5, 0.6) is 0 Å². The van der Waals surface area contributed by atoms with Crippen LogP contribution in [-0.2, 0) is 14.3 Å². The third kappa shape index (κ3) is 4.44. The summed E-state index contributed by atoms with van der Waals surface area (Å²) >= 11 is 0. The van der Waals surface area contributed by atoms with Crippen molar-refractivity contribution in [1.29, 1.82) is 0 Å². The first-order valence-electron chi connectivity index (χ1n) is 7.78. The minimum atomic E-state index is -0.973. The molecule has 0 spiro atoms. The summed E-state index contributed by atoms with van der Waals surface area (Å²) in [6.45, 7) is 1.88. The standard InChI is InChI=1S/C19H19NO5/c1-3-25-19(23)16(13-9-5-4-6-10-13)20-17(21)14-11-7-8-12-15(14)18(22)24-2/h4-12,16H,3H2,1-2H3,(H,20,21). The quantitative estimate of drug-likeness (QED) is 0.817. The Kier molecular flexibility index (Phi) is 6.28. The molecule has 0 heterocycles. The predicted molar refractivity (Wildman–Crippen MR) is 91.1 cm³/mol. The number of rotatable bonds is 6. The van der Waals surface area contributed by atoms with Gasteiger partial charge < -0.3 is 14.8 Å². The van der Waals surface area contributed by atoms with Crippen molar-refractivity contribution in [1.82, 2.24) is 5.32 Å². The summed E-state index contributed by atoms with van der Waals surface area (Å²) in [6.07, 6.45) is 0. The van der Waals surface area contributed by atoms with Crippen LogP contribution in [0.1, 0.15) is 39.2 Å². The van der Waals surface area contributed by atoms with Crippen LogP contribution in [0.25, 0.3) is 0 Å². The highest BCUT2D eigenvalue weighted by atomic mass is 16.5. The van der Waals surface area contributed by atoms with Gasteiger partial charge in [0.2, 0.25) is 0 Å². The van der Waals surface area contributed by atoms with Gasteiger partial charge in [-0.15, -0.1) is 0 Å². The second-order valence-corrected chi connectivity index (χ2v) is 5.11. The van der Waals surface area contributed by atoms with E-state index in [0.717, 1.165) is 0 Å². The number of benzene rings is 2. The van der Waals surface area contributed by atoms with Crippen molar-refractivity contribution in [2.24, 2.45) is 0 Å². The normalized spacial score (nSPS) is 11.3. The van der Waals surface area contributed by atoms with Crippen LogP contribution in [0.15, 0.2) is 54.6 Å². The molecule has 6 heteroatoms. The SMILES string of the molecule is CCOC(=O)C(NC(=O)c1ccccc1C(=O)OC)c1ccccc1. The van der Waals surface area contributed by atoms with Crippen molar-refractivity contribution in [3.63, 3.8) is 0 Å². The molecule has 0 aliphatic rings. The van der Waals surface area contributed by atoms with Crippen molar-refractivity contribution in [2.75, 3.05) is 13.7 Å². The third-order valence-electron chi connectivity index (χ3n) is 3.51. The Labute approximate surface area is 145 Å². The van der Waals surface area contributed by atoms with Crippen LogP contribution in [0.2, 0.25) is 0 Å². The Hall–Kier alpha value is -3.15. The molecule has 2 aromatic rings. The van der Waals surface area contributed by atoms with Crippen LogP contribution in [0.3, 0.4) is 0 Å². The Morgan fingerprint density at radius 1 is 0.960 bits per heavy atom. The van der Waals surface area contributed by atoms with Crippen molar-refractivity contribution < 1.29 is 23.9 Å². The molecular weight excluding hydrogens is 322 g/mol. The van der Waals surface area contributed by atoms with Crippen LogP contribution in [0, 0.1) is 0 Å². The Morgan fingerprint density at radius 3 is 2.16 bits per heavy atom. The topological polar surface area (TPSA) is 81.7 Å². The maximum atomic E-state index is 12.7. The summed E-state index contributed by atoms with van der Waals surface area (Å²) < 4.78 is 9.74. The average molecular weight is 341 g/mol. The van der Waals surface area contributed by atoms with E-state index in [4.69, 9.17) is 9.47 Å². The molecule has 0 radical (unpaired) electrons. The van der Waals surface area contributed by atoms with E-state index in [9.17, 15) is 14.4 Å². The summed E-state index contributed by atoms with van der Waals surface area (Å²) in [5.41, 5.74) is 0.836. The molecule has 1 unspecified atom stereocenters. The van der Waals surface area contributed by atoms with Crippen molar-refractivity contribution in [3.05, 3.63) is 71.3 Å². The number of methoxy groups -OCH3 is 1. The third-order valence-corrected chi connectivity index (χ3v) is 3.51. The second kappa shape index (κ2) is 8.63. The van der Waals surface area contributed by atoms with E-state index in [1.54, 1.807) is 49.4 Å². The van der Waals surface area contributed by atoms with Gasteiger partial charge in [0, 0.05) is 0 Å². The molecule has 1 amide bonds. The zero-order chi connectivity index (χ0) is 18.2. The van der Waals surface area contributed by atoms with E-state index in [2.05, 4.69) is 5.32 Å². The molecular formula is C19H19NO5. The minimum absolute atomic E-state index is 0.123. The lowest BCUT2D eigenvalue weighted by atomic mass is 10.0. The van der Waals surface area contributed by atoms with Crippen molar-refractivity contribution in [3.8, 4) is 0 Å². The number of hydrogen-bond donors (Lipinski definition) is 1. The Balaban J connectivity index is 2.32. The molecule has 0 aliphatic carbocycles. The summed E-state index contributed by atoms with van der Waals surface area (Å²) in [7, 11) is 1.24. The van der Waals surface area contributed by atoms with Gasteiger partial charge in [0.1, 0.15) is 0 Å². The first kappa shape index (κ1) is 18.2. The lowest BCUT2D eigenvalue weighted by Crippen LogP contribution is -2.35. The Bertz CT molecular complexity index is 757. The molecule has 0 saturated carbocycles. The summed E-state index contributed by atoms with van der Waals surface area (Å²) in [6, 6.07) is 14.0. The van der Waals surface area contributed by atoms with Crippen LogP contribution < -0.4 is 5.32 Å². The first-order chi connectivity index (χ1) is 12.1. The Morgan fingerprint density at radius 2 is 1.56 bits per heavy atom. The molecule has 25 heavy (non-hydrogen) atoms. The van der Waals surface area contributed by atoms with E-state index in [1.165, 1.54) is 19.2 Å². The number of amides is 1. The lowest BCUT2D eigenvalue weighted by molar-refractivity contribution is -0.145. The van der Waals surface area contributed by atoms with E-state index < -0.39 is 23.9 Å². The molecule has 2 aromatic carbocycles. The fourth-order valence-electron chi connectivity index (χ4n) is 2.33. The highest BCUT2D eigenvalue weighted by Gasteiger charge is 2.26. The predicted octanol–water partition coefficient (Wildman–Crippen LogP) is 2.51. The van der Waals surface area contributed by atoms with Gasteiger partial charge in [-0.3, -0.25) is 4.79 Å². The number of hydrogen-bond acceptors (Lipinski definition) is 5. The van der Waals surface area contributed by atoms with Gasteiger partial charge >= 0.3 is 11.9 Å². The number of carbonyl (C=O) groups is 3. The van der Waals surface area contributed by atoms with Crippen LogP contribution >= 0.6 is 0 Å². The van der Waals surface area contributed by atoms with Crippen LogP contribution in [0.4, 0.5) is 0 Å². The van der Waals surface area contributed by atoms with Gasteiger partial charge in [0.15, 0.2) is 6.04 Å². The van der Waals surface area contributed by atoms with Crippen molar-refractivity contribution in [2.45, 2.75) is 13.0 Å². The number of carbonyl (C=O) groups excluding carboxylic acids is 3. The van der Waals surface area contributed by atoms with E-state index in [1.807, 2.05) is 0 Å². The summed E-state index contributed by atoms with van der Waals surface area (Å²) in [5.74, 6) is -1.77. The summed E-state index contributed by atoms with van der Waals surface area (Å²) in [4.78, 5) is 36.7. The monoisotopic (exact) mass is 341 g/mol. The zero-order valence-electron chi connectivity index (χ0n) is 14.0. The van der Waals surface area contributed by atoms with Crippen LogP contribution in [-0.4, -0.2) is 31.6 Å². The maximum absolute atomic E-state index is 12.7. The van der Waals surface area contributed by atoms with E-state index >= 15 is 0 Å². The number of ether oxygens (including phenoxy) is 2. The number of nitrogens with one attached hydrogen (secondary N) is 1. The molecule has 0 bridgehead atoms. The molecule has 1 N–H and O–H groups in total.